The fourth-order valence-electron chi connectivity index (χ4n) is 9.36. The molecule has 1 unspecified atom stereocenters. The van der Waals surface area contributed by atoms with E-state index in [0.717, 1.165) is 60.2 Å². The second kappa shape index (κ2) is 22.7. The molecule has 1 atom stereocenters. The highest BCUT2D eigenvalue weighted by Crippen LogP contribution is 2.34. The first-order valence-electron chi connectivity index (χ1n) is 23.9. The molecule has 6 amide bonds. The highest BCUT2D eigenvalue weighted by molar-refractivity contribution is 8.13. The molecule has 2 aromatic heterocycles. The maximum Gasteiger partial charge on any atom is 0.355 e. The Morgan fingerprint density at radius 3 is 2.37 bits per heavy atom. The van der Waals surface area contributed by atoms with Gasteiger partial charge in [-0.1, -0.05) is 69.5 Å². The highest BCUT2D eigenvalue weighted by Gasteiger charge is 2.45. The molecular formula is C51H62N10O8S. The number of pyridine rings is 1. The van der Waals surface area contributed by atoms with E-state index >= 15 is 0 Å². The van der Waals surface area contributed by atoms with E-state index < -0.39 is 41.1 Å². The van der Waals surface area contributed by atoms with E-state index in [9.17, 15) is 38.7 Å². The molecular weight excluding hydrogens is 913 g/mol. The number of aromatic carboxylic acids is 1. The molecule has 5 heterocycles. The van der Waals surface area contributed by atoms with Gasteiger partial charge in [0.05, 0.1) is 17.3 Å². The molecule has 0 radical (unpaired) electrons. The van der Waals surface area contributed by atoms with Gasteiger partial charge in [-0.05, 0) is 93.2 Å². The normalized spacial score (nSPS) is 16.0. The van der Waals surface area contributed by atoms with Crippen molar-refractivity contribution < 1.29 is 38.7 Å². The Morgan fingerprint density at radius 2 is 1.64 bits per heavy atom. The largest absolute Gasteiger partial charge is 0.476 e. The third-order valence-corrected chi connectivity index (χ3v) is 14.1. The van der Waals surface area contributed by atoms with Crippen LogP contribution in [-0.4, -0.2) is 110 Å². The first-order chi connectivity index (χ1) is 33.6. The zero-order valence-corrected chi connectivity index (χ0v) is 41.3. The SMILES string of the molecule is CN=C(NC(=O)c1cccc2c1CN(c1ccc(-c3cnn(CCCC(C)(C)C(=O)NCCCCCCCCNc4cccc5c4C(=O)N(C4CCC(=O)NC4=O)C5=O)c3C)c(C(=O)O)n1)CC2)SC. The van der Waals surface area contributed by atoms with E-state index in [1.165, 1.54) is 11.8 Å². The number of piperidine rings is 1. The number of aryl methyl sites for hydroxylation is 1. The van der Waals surface area contributed by atoms with Crippen molar-refractivity contribution in [2.45, 2.75) is 111 Å². The molecule has 0 bridgehead atoms. The van der Waals surface area contributed by atoms with Crippen LogP contribution in [0.4, 0.5) is 11.5 Å². The van der Waals surface area contributed by atoms with Gasteiger partial charge in [0, 0.05) is 79.7 Å². The summed E-state index contributed by atoms with van der Waals surface area (Å²) in [7, 11) is 1.63. The van der Waals surface area contributed by atoms with Gasteiger partial charge < -0.3 is 26.0 Å². The number of imide groups is 2. The molecule has 19 heteroatoms. The van der Waals surface area contributed by atoms with E-state index in [1.54, 1.807) is 43.6 Å². The lowest BCUT2D eigenvalue weighted by Gasteiger charge is -2.31. The summed E-state index contributed by atoms with van der Waals surface area (Å²) in [6.45, 7) is 8.53. The number of amidine groups is 1. The number of anilines is 2. The quantitative estimate of drug-likeness (QED) is 0.0281. The van der Waals surface area contributed by atoms with Gasteiger partial charge in [0.2, 0.25) is 17.7 Å². The van der Waals surface area contributed by atoms with Crippen molar-refractivity contribution in [2.24, 2.45) is 10.4 Å². The Kier molecular flexibility index (Phi) is 16.5. The second-order valence-corrected chi connectivity index (χ2v) is 19.3. The van der Waals surface area contributed by atoms with Crippen LogP contribution in [0.5, 0.6) is 0 Å². The van der Waals surface area contributed by atoms with Gasteiger partial charge in [-0.3, -0.25) is 48.7 Å². The number of amides is 6. The molecule has 1 fully saturated rings. The number of hydrogen-bond donors (Lipinski definition) is 5. The number of unbranched alkanes of at least 4 members (excludes halogenated alkanes) is 5. The summed E-state index contributed by atoms with van der Waals surface area (Å²) < 4.78 is 1.84. The van der Waals surface area contributed by atoms with E-state index in [2.05, 4.69) is 36.3 Å². The van der Waals surface area contributed by atoms with Crippen LogP contribution >= 0.6 is 11.8 Å². The molecule has 4 aromatic rings. The summed E-state index contributed by atoms with van der Waals surface area (Å²) >= 11 is 1.35. The molecule has 70 heavy (non-hydrogen) atoms. The molecule has 0 spiro atoms. The van der Waals surface area contributed by atoms with Gasteiger partial charge in [0.1, 0.15) is 11.9 Å². The fourth-order valence-corrected chi connectivity index (χ4v) is 9.74. The topological polar surface area (TPSA) is 237 Å². The predicted molar refractivity (Wildman–Crippen MR) is 268 cm³/mol. The molecule has 0 saturated carbocycles. The van der Waals surface area contributed by atoms with Gasteiger partial charge in [-0.2, -0.15) is 5.10 Å². The van der Waals surface area contributed by atoms with Gasteiger partial charge in [0.25, 0.3) is 17.7 Å². The summed E-state index contributed by atoms with van der Waals surface area (Å²) in [5, 5.41) is 27.0. The average molecular weight is 975 g/mol. The predicted octanol–water partition coefficient (Wildman–Crippen LogP) is 6.37. The molecule has 7 rings (SSSR count). The lowest BCUT2D eigenvalue weighted by atomic mass is 9.86. The van der Waals surface area contributed by atoms with Gasteiger partial charge in [-0.25, -0.2) is 9.78 Å². The molecule has 370 valence electrons. The van der Waals surface area contributed by atoms with Crippen molar-refractivity contribution in [1.29, 1.82) is 0 Å². The van der Waals surface area contributed by atoms with E-state index in [0.29, 0.717) is 85.3 Å². The van der Waals surface area contributed by atoms with Crippen molar-refractivity contribution >= 4 is 69.8 Å². The maximum atomic E-state index is 13.3. The monoisotopic (exact) mass is 974 g/mol. The van der Waals surface area contributed by atoms with Crippen LogP contribution < -0.4 is 26.2 Å². The van der Waals surface area contributed by atoms with Crippen LogP contribution in [0.2, 0.25) is 0 Å². The Morgan fingerprint density at radius 1 is 0.900 bits per heavy atom. The Bertz CT molecular complexity index is 2710. The van der Waals surface area contributed by atoms with E-state index in [1.807, 2.05) is 54.8 Å². The Labute approximate surface area is 411 Å². The molecule has 2 aromatic carbocycles. The second-order valence-electron chi connectivity index (χ2n) is 18.5. The maximum absolute atomic E-state index is 13.3. The van der Waals surface area contributed by atoms with Crippen molar-refractivity contribution in [3.8, 4) is 11.1 Å². The zero-order chi connectivity index (χ0) is 50.1. The number of carboxylic acid groups (broad SMARTS) is 1. The number of nitrogens with one attached hydrogen (secondary N) is 4. The zero-order valence-electron chi connectivity index (χ0n) is 40.5. The molecule has 0 aliphatic carbocycles. The third-order valence-electron chi connectivity index (χ3n) is 13.4. The fraction of sp³-hybridized carbons (Fsp3) is 0.451. The molecule has 3 aliphatic rings. The Hall–Kier alpha value is -6.89. The summed E-state index contributed by atoms with van der Waals surface area (Å²) in [5.41, 5.74) is 4.78. The summed E-state index contributed by atoms with van der Waals surface area (Å²) in [6, 6.07) is 13.3. The van der Waals surface area contributed by atoms with Crippen molar-refractivity contribution in [1.82, 2.24) is 35.6 Å². The number of aromatic nitrogens is 3. The number of aliphatic imine (C=N–C) groups is 1. The minimum Gasteiger partial charge on any atom is -0.476 e. The van der Waals surface area contributed by atoms with Crippen molar-refractivity contribution in [2.75, 3.05) is 43.2 Å². The standard InChI is InChI=1S/C51H62N10O8S/c1-31-36(33-19-21-40(56-43(33)48(67)68)59-28-23-32-15-12-16-34(37(32)30-59)44(63)58-50(52-4)70-5)29-55-60(31)27-14-24-51(2,3)49(69)54-26-11-9-7-6-8-10-25-53-38-18-13-17-35-42(38)47(66)61(46(35)65)39-20-22-41(62)57-45(39)64/h12-13,15-19,21,29,39,53H,6-11,14,20,22-28,30H2,1-5H3,(H,54,69)(H,67,68)(H,52,58,63)(H,57,62,64). The summed E-state index contributed by atoms with van der Waals surface area (Å²) in [6.07, 6.45) is 11.3. The lowest BCUT2D eigenvalue weighted by molar-refractivity contribution is -0.136. The highest BCUT2D eigenvalue weighted by atomic mass is 32.2. The van der Waals surface area contributed by atoms with Crippen LogP contribution in [-0.2, 0) is 33.9 Å². The van der Waals surface area contributed by atoms with Crippen molar-refractivity contribution in [3.63, 3.8) is 0 Å². The minimum absolute atomic E-state index is 0.00566. The number of carbonyl (C=O) groups excluding carboxylic acids is 6. The van der Waals surface area contributed by atoms with Crippen LogP contribution in [0, 0.1) is 12.3 Å². The number of benzene rings is 2. The lowest BCUT2D eigenvalue weighted by Crippen LogP contribution is -2.54. The molecule has 5 N–H and O–H groups in total. The molecule has 18 nitrogen and oxygen atoms in total. The number of carboxylic acids is 1. The summed E-state index contributed by atoms with van der Waals surface area (Å²) in [4.78, 5) is 101. The Balaban J connectivity index is 0.818. The number of nitrogens with zero attached hydrogens (tertiary/aromatic N) is 6. The smallest absolute Gasteiger partial charge is 0.355 e. The molecule has 3 aliphatic heterocycles. The van der Waals surface area contributed by atoms with E-state index in [4.69, 9.17) is 0 Å². The number of fused-ring (bicyclic) bond motifs is 2. The number of carbonyl (C=O) groups is 7. The first-order valence-corrected chi connectivity index (χ1v) is 25.2. The minimum atomic E-state index is -1.15. The van der Waals surface area contributed by atoms with E-state index in [-0.39, 0.29) is 41.5 Å². The number of hydrogen-bond acceptors (Lipinski definition) is 13. The van der Waals surface area contributed by atoms with Crippen LogP contribution in [0.1, 0.15) is 136 Å². The van der Waals surface area contributed by atoms with Crippen molar-refractivity contribution in [3.05, 3.63) is 93.9 Å². The van der Waals surface area contributed by atoms with Gasteiger partial charge in [-0.15, -0.1) is 0 Å². The average Bonchev–Trinajstić information content (AvgIpc) is 3.84. The van der Waals surface area contributed by atoms with Crippen LogP contribution in [0.3, 0.4) is 0 Å². The summed E-state index contributed by atoms with van der Waals surface area (Å²) in [5.74, 6) is -3.01. The van der Waals surface area contributed by atoms with Gasteiger partial charge in [0.15, 0.2) is 10.9 Å². The van der Waals surface area contributed by atoms with Crippen LogP contribution in [0.25, 0.3) is 11.1 Å². The number of thioether (sulfide) groups is 1. The number of rotatable bonds is 20. The van der Waals surface area contributed by atoms with Crippen LogP contribution in [0.15, 0.2) is 59.7 Å². The third kappa shape index (κ3) is 11.4. The van der Waals surface area contributed by atoms with Gasteiger partial charge >= 0.3 is 5.97 Å². The first kappa shape index (κ1) is 51.0. The molecule has 1 saturated heterocycles.